The lowest BCUT2D eigenvalue weighted by molar-refractivity contribution is 0.905. The van der Waals surface area contributed by atoms with Gasteiger partial charge in [0.05, 0.1) is 0 Å². The lowest BCUT2D eigenvalue weighted by Crippen LogP contribution is -1.88. The number of pyridine rings is 1. The second-order valence-electron chi connectivity index (χ2n) is 3.87. The third-order valence-electron chi connectivity index (χ3n) is 2.98. The number of nitrogens with zero attached hydrogens (tertiary/aromatic N) is 1. The average Bonchev–Trinajstić information content (AvgIpc) is 2.60. The van der Waals surface area contributed by atoms with Gasteiger partial charge in [-0.3, -0.25) is 0 Å². The summed E-state index contributed by atoms with van der Waals surface area (Å²) in [4.78, 5) is 4.64. The first-order valence-corrected chi connectivity index (χ1v) is 6.26. The van der Waals surface area contributed by atoms with E-state index in [0.29, 0.717) is 9.98 Å². The normalized spacial score (nSPS) is 19.5. The topological polar surface area (TPSA) is 12.9 Å². The molecule has 2 aromatic rings. The number of benzene rings is 1. The summed E-state index contributed by atoms with van der Waals surface area (Å²) in [6.45, 7) is 0. The lowest BCUT2D eigenvalue weighted by atomic mass is 10.0. The van der Waals surface area contributed by atoms with Crippen molar-refractivity contribution in [3.05, 3.63) is 40.7 Å². The highest BCUT2D eigenvalue weighted by Gasteiger charge is 2.22. The van der Waals surface area contributed by atoms with Gasteiger partial charge in [0.1, 0.15) is 5.15 Å². The second-order valence-corrected chi connectivity index (χ2v) is 5.37. The van der Waals surface area contributed by atoms with Crippen LogP contribution < -0.4 is 0 Å². The Bertz CT molecular complexity index is 538. The number of hydrogen-bond acceptors (Lipinski definition) is 1. The molecule has 1 aliphatic rings. The number of rotatable bonds is 0. The van der Waals surface area contributed by atoms with E-state index in [4.69, 9.17) is 11.6 Å². The second kappa shape index (κ2) is 3.46. The van der Waals surface area contributed by atoms with Crippen LogP contribution in [0.2, 0.25) is 5.15 Å². The fraction of sp³-hybridized carbons (Fsp3) is 0.250. The van der Waals surface area contributed by atoms with E-state index >= 15 is 0 Å². The zero-order valence-corrected chi connectivity index (χ0v) is 10.3. The minimum absolute atomic E-state index is 0.471. The Hall–Kier alpha value is -0.600. The molecule has 0 saturated carbocycles. The molecule has 1 atom stereocenters. The number of halogens is 2. The van der Waals surface area contributed by atoms with E-state index in [1.54, 1.807) is 0 Å². The summed E-state index contributed by atoms with van der Waals surface area (Å²) in [5.74, 6) is 0. The van der Waals surface area contributed by atoms with Crippen molar-refractivity contribution < 1.29 is 0 Å². The molecule has 0 saturated heterocycles. The van der Waals surface area contributed by atoms with Crippen LogP contribution in [0.1, 0.15) is 22.4 Å². The van der Waals surface area contributed by atoms with E-state index in [1.807, 2.05) is 12.3 Å². The molecular weight excluding hydrogens is 273 g/mol. The molecular formula is C12H9BrClN. The van der Waals surface area contributed by atoms with Crippen molar-refractivity contribution >= 4 is 38.3 Å². The molecule has 1 aliphatic carbocycles. The van der Waals surface area contributed by atoms with Crippen LogP contribution in [-0.2, 0) is 6.42 Å². The molecule has 1 nitrogen and oxygen atoms in total. The van der Waals surface area contributed by atoms with Gasteiger partial charge in [0.2, 0.25) is 0 Å². The monoisotopic (exact) mass is 281 g/mol. The average molecular weight is 283 g/mol. The van der Waals surface area contributed by atoms with Crippen LogP contribution in [-0.4, -0.2) is 4.98 Å². The van der Waals surface area contributed by atoms with E-state index in [0.717, 1.165) is 6.42 Å². The van der Waals surface area contributed by atoms with Crippen molar-refractivity contribution in [3.8, 4) is 0 Å². The summed E-state index contributed by atoms with van der Waals surface area (Å²) in [5, 5.41) is 2.97. The molecule has 0 spiro atoms. The molecule has 3 heteroatoms. The van der Waals surface area contributed by atoms with Crippen molar-refractivity contribution in [1.82, 2.24) is 4.98 Å². The molecule has 1 unspecified atom stereocenters. The summed E-state index contributed by atoms with van der Waals surface area (Å²) in [6, 6.07) is 6.26. The highest BCUT2D eigenvalue weighted by Crippen LogP contribution is 2.41. The molecule has 0 fully saturated rings. The zero-order valence-electron chi connectivity index (χ0n) is 8.00. The molecule has 3 rings (SSSR count). The Morgan fingerprint density at radius 1 is 1.40 bits per heavy atom. The number of alkyl halides is 1. The molecule has 1 aromatic carbocycles. The summed E-state index contributed by atoms with van der Waals surface area (Å²) in [6.07, 6.45) is 4.22. The first-order valence-electron chi connectivity index (χ1n) is 4.97. The van der Waals surface area contributed by atoms with Gasteiger partial charge in [-0.2, -0.15) is 0 Å². The fourth-order valence-electron chi connectivity index (χ4n) is 2.27. The van der Waals surface area contributed by atoms with Crippen LogP contribution in [0, 0.1) is 0 Å². The van der Waals surface area contributed by atoms with E-state index in [1.165, 1.54) is 28.3 Å². The van der Waals surface area contributed by atoms with Gasteiger partial charge in [0, 0.05) is 16.4 Å². The molecule has 1 heterocycles. The molecule has 0 aliphatic heterocycles. The Kier molecular flexibility index (Phi) is 2.22. The van der Waals surface area contributed by atoms with Gasteiger partial charge < -0.3 is 0 Å². The molecule has 15 heavy (non-hydrogen) atoms. The van der Waals surface area contributed by atoms with Crippen molar-refractivity contribution in [2.45, 2.75) is 17.7 Å². The smallest absolute Gasteiger partial charge is 0.129 e. The SMILES string of the molecule is Clc1cc2ccc3c(c2cn1)C(Br)CC3. The minimum Gasteiger partial charge on any atom is -0.244 e. The molecule has 0 bridgehead atoms. The molecule has 0 radical (unpaired) electrons. The first-order chi connectivity index (χ1) is 7.25. The summed E-state index contributed by atoms with van der Waals surface area (Å²) >= 11 is 9.60. The molecule has 1 aromatic heterocycles. The predicted octanol–water partition coefficient (Wildman–Crippen LogP) is 4.27. The quantitative estimate of drug-likeness (QED) is 0.519. The Morgan fingerprint density at radius 3 is 3.13 bits per heavy atom. The van der Waals surface area contributed by atoms with Gasteiger partial charge in [-0.1, -0.05) is 39.7 Å². The van der Waals surface area contributed by atoms with Gasteiger partial charge in [-0.25, -0.2) is 4.98 Å². The van der Waals surface area contributed by atoms with Gasteiger partial charge >= 0.3 is 0 Å². The summed E-state index contributed by atoms with van der Waals surface area (Å²) in [7, 11) is 0. The van der Waals surface area contributed by atoms with E-state index in [2.05, 4.69) is 33.0 Å². The van der Waals surface area contributed by atoms with E-state index in [-0.39, 0.29) is 0 Å². The van der Waals surface area contributed by atoms with Crippen LogP contribution in [0.4, 0.5) is 0 Å². The largest absolute Gasteiger partial charge is 0.244 e. The van der Waals surface area contributed by atoms with Crippen LogP contribution in [0.3, 0.4) is 0 Å². The van der Waals surface area contributed by atoms with Crippen LogP contribution >= 0.6 is 27.5 Å². The number of fused-ring (bicyclic) bond motifs is 3. The number of aromatic nitrogens is 1. The van der Waals surface area contributed by atoms with Crippen molar-refractivity contribution in [2.75, 3.05) is 0 Å². The van der Waals surface area contributed by atoms with Crippen LogP contribution in [0.5, 0.6) is 0 Å². The Morgan fingerprint density at radius 2 is 2.27 bits per heavy atom. The van der Waals surface area contributed by atoms with Crippen molar-refractivity contribution in [2.24, 2.45) is 0 Å². The van der Waals surface area contributed by atoms with Crippen molar-refractivity contribution in [1.29, 1.82) is 0 Å². The van der Waals surface area contributed by atoms with Crippen LogP contribution in [0.25, 0.3) is 10.8 Å². The van der Waals surface area contributed by atoms with E-state index in [9.17, 15) is 0 Å². The minimum atomic E-state index is 0.471. The predicted molar refractivity (Wildman–Crippen MR) is 66.7 cm³/mol. The maximum absolute atomic E-state index is 5.88. The first kappa shape index (κ1) is 9.61. The third-order valence-corrected chi connectivity index (χ3v) is 4.11. The van der Waals surface area contributed by atoms with Gasteiger partial charge in [0.25, 0.3) is 0 Å². The van der Waals surface area contributed by atoms with Gasteiger partial charge in [-0.15, -0.1) is 0 Å². The van der Waals surface area contributed by atoms with Gasteiger partial charge in [0.15, 0.2) is 0 Å². The third kappa shape index (κ3) is 1.47. The maximum atomic E-state index is 5.88. The highest BCUT2D eigenvalue weighted by atomic mass is 79.9. The van der Waals surface area contributed by atoms with Crippen molar-refractivity contribution in [3.63, 3.8) is 0 Å². The van der Waals surface area contributed by atoms with Crippen LogP contribution in [0.15, 0.2) is 24.4 Å². The number of aryl methyl sites for hydroxylation is 1. The van der Waals surface area contributed by atoms with Gasteiger partial charge in [-0.05, 0) is 35.4 Å². The lowest BCUT2D eigenvalue weighted by Gasteiger charge is -2.08. The molecule has 0 N–H and O–H groups in total. The Balaban J connectivity index is 2.38. The fourth-order valence-corrected chi connectivity index (χ4v) is 3.21. The maximum Gasteiger partial charge on any atom is 0.129 e. The Labute approximate surface area is 102 Å². The summed E-state index contributed by atoms with van der Waals surface area (Å²) < 4.78 is 0. The standard InChI is InChI=1S/C12H9BrClN/c13-10-4-3-7-1-2-8-5-11(14)15-6-9(8)12(7)10/h1-2,5-6,10H,3-4H2. The molecule has 0 amide bonds. The van der Waals surface area contributed by atoms with E-state index < -0.39 is 0 Å². The number of hydrogen-bond donors (Lipinski definition) is 0. The highest BCUT2D eigenvalue weighted by molar-refractivity contribution is 9.09. The summed E-state index contributed by atoms with van der Waals surface area (Å²) in [5.41, 5.74) is 2.84. The zero-order chi connectivity index (χ0) is 10.4. The molecule has 76 valence electrons.